The molecule has 1 atom stereocenters. The number of carbonyl (C=O) groups is 1. The van der Waals surface area contributed by atoms with Gasteiger partial charge in [-0.2, -0.15) is 0 Å². The van der Waals surface area contributed by atoms with Crippen molar-refractivity contribution in [1.29, 1.82) is 0 Å². The molecular formula is C30H30ClN5O4S. The summed E-state index contributed by atoms with van der Waals surface area (Å²) in [6.45, 7) is 4.40. The van der Waals surface area contributed by atoms with E-state index in [0.717, 1.165) is 18.5 Å². The molecule has 0 radical (unpaired) electrons. The van der Waals surface area contributed by atoms with Crippen LogP contribution in [0.3, 0.4) is 0 Å². The van der Waals surface area contributed by atoms with Gasteiger partial charge in [-0.15, -0.1) is 0 Å². The van der Waals surface area contributed by atoms with Crippen molar-refractivity contribution in [2.24, 2.45) is 0 Å². The van der Waals surface area contributed by atoms with Crippen LogP contribution in [0.2, 0.25) is 5.02 Å². The van der Waals surface area contributed by atoms with E-state index >= 15 is 0 Å². The lowest BCUT2D eigenvalue weighted by Gasteiger charge is -2.37. The first-order valence-electron chi connectivity index (χ1n) is 13.6. The van der Waals surface area contributed by atoms with Crippen molar-refractivity contribution in [2.75, 3.05) is 31.1 Å². The molecule has 0 aliphatic carbocycles. The third-order valence-electron chi connectivity index (χ3n) is 7.17. The standard InChI is InChI=1S/C30H30ClN5O4S/c1-2-3-11-27(29(38)34-18-16-33(17-19-34)22-12-14-23(15-13-22)36(39)40)41-30-32-26-10-5-4-9-25(26)28(37)35(30)24-8-6-7-21(31)20-24/h4-10,12-15,20,27H,2-3,11,16-19H2,1H3. The lowest BCUT2D eigenvalue weighted by Crippen LogP contribution is -2.51. The van der Waals surface area contributed by atoms with Crippen LogP contribution in [0.5, 0.6) is 0 Å². The number of aromatic nitrogens is 2. The van der Waals surface area contributed by atoms with Crippen molar-refractivity contribution in [3.8, 4) is 5.69 Å². The Labute approximate surface area is 246 Å². The van der Waals surface area contributed by atoms with E-state index in [4.69, 9.17) is 16.6 Å². The molecule has 9 nitrogen and oxygen atoms in total. The van der Waals surface area contributed by atoms with Crippen molar-refractivity contribution in [3.05, 3.63) is 98.3 Å². The van der Waals surface area contributed by atoms with Gasteiger partial charge in [0.25, 0.3) is 11.2 Å². The number of nitro benzene ring substituents is 1. The largest absolute Gasteiger partial charge is 0.368 e. The number of nitro groups is 1. The highest BCUT2D eigenvalue weighted by Gasteiger charge is 2.30. The van der Waals surface area contributed by atoms with E-state index in [0.29, 0.717) is 59.4 Å². The maximum Gasteiger partial charge on any atom is 0.269 e. The van der Waals surface area contributed by atoms with Crippen molar-refractivity contribution in [3.63, 3.8) is 0 Å². The lowest BCUT2D eigenvalue weighted by atomic mass is 10.1. The number of benzene rings is 3. The molecule has 3 aromatic carbocycles. The number of anilines is 1. The molecule has 1 fully saturated rings. The van der Waals surface area contributed by atoms with Crippen LogP contribution in [0.15, 0.2) is 82.7 Å². The summed E-state index contributed by atoms with van der Waals surface area (Å²) in [5.41, 5.74) is 1.92. The van der Waals surface area contributed by atoms with E-state index in [2.05, 4.69) is 11.8 Å². The summed E-state index contributed by atoms with van der Waals surface area (Å²) in [6, 6.07) is 20.8. The Kier molecular flexibility index (Phi) is 8.90. The Hall–Kier alpha value is -3.89. The maximum absolute atomic E-state index is 13.9. The minimum absolute atomic E-state index is 0.0202. The average molecular weight is 592 g/mol. The van der Waals surface area contributed by atoms with Gasteiger partial charge < -0.3 is 9.80 Å². The second-order valence-electron chi connectivity index (χ2n) is 9.87. The fourth-order valence-electron chi connectivity index (χ4n) is 4.96. The van der Waals surface area contributed by atoms with Gasteiger partial charge in [0.15, 0.2) is 5.16 Å². The third-order valence-corrected chi connectivity index (χ3v) is 8.61. The quantitative estimate of drug-likeness (QED) is 0.103. The van der Waals surface area contributed by atoms with Gasteiger partial charge in [0.1, 0.15) is 0 Å². The zero-order chi connectivity index (χ0) is 28.9. The number of hydrogen-bond donors (Lipinski definition) is 0. The normalized spacial score (nSPS) is 14.3. The Morgan fingerprint density at radius 2 is 1.76 bits per heavy atom. The van der Waals surface area contributed by atoms with E-state index in [1.54, 1.807) is 41.0 Å². The maximum atomic E-state index is 13.9. The van der Waals surface area contributed by atoms with Crippen LogP contribution in [-0.2, 0) is 4.79 Å². The molecule has 41 heavy (non-hydrogen) atoms. The molecule has 1 aliphatic rings. The van der Waals surface area contributed by atoms with Crippen LogP contribution in [0.1, 0.15) is 26.2 Å². The topological polar surface area (TPSA) is 102 Å². The van der Waals surface area contributed by atoms with Gasteiger partial charge in [0.05, 0.1) is 26.8 Å². The molecule has 1 aromatic heterocycles. The summed E-state index contributed by atoms with van der Waals surface area (Å²) in [7, 11) is 0. The van der Waals surface area contributed by atoms with Gasteiger partial charge in [-0.3, -0.25) is 24.3 Å². The van der Waals surface area contributed by atoms with E-state index in [-0.39, 0.29) is 17.2 Å². The molecule has 1 unspecified atom stereocenters. The van der Waals surface area contributed by atoms with Crippen LogP contribution in [-0.4, -0.2) is 56.7 Å². The molecule has 0 bridgehead atoms. The van der Waals surface area contributed by atoms with Gasteiger partial charge >= 0.3 is 0 Å². The fourth-order valence-corrected chi connectivity index (χ4v) is 6.38. The molecule has 0 spiro atoms. The van der Waals surface area contributed by atoms with E-state index in [1.165, 1.54) is 23.9 Å². The van der Waals surface area contributed by atoms with E-state index in [9.17, 15) is 19.7 Å². The van der Waals surface area contributed by atoms with Crippen LogP contribution < -0.4 is 10.5 Å². The first-order chi connectivity index (χ1) is 19.9. The molecule has 5 rings (SSSR count). The Bertz CT molecular complexity index is 1620. The lowest BCUT2D eigenvalue weighted by molar-refractivity contribution is -0.384. The molecule has 212 valence electrons. The number of amides is 1. The molecule has 4 aromatic rings. The van der Waals surface area contributed by atoms with Crippen molar-refractivity contribution in [2.45, 2.75) is 36.6 Å². The first-order valence-corrected chi connectivity index (χ1v) is 14.8. The van der Waals surface area contributed by atoms with Gasteiger partial charge in [-0.25, -0.2) is 4.98 Å². The summed E-state index contributed by atoms with van der Waals surface area (Å²) in [6.07, 6.45) is 2.45. The summed E-state index contributed by atoms with van der Waals surface area (Å²) in [5, 5.41) is 12.0. The number of fused-ring (bicyclic) bond motifs is 1. The number of rotatable bonds is 9. The summed E-state index contributed by atoms with van der Waals surface area (Å²) in [5.74, 6) is 0.0202. The average Bonchev–Trinajstić information content (AvgIpc) is 2.99. The number of piperazine rings is 1. The summed E-state index contributed by atoms with van der Waals surface area (Å²) >= 11 is 7.61. The Morgan fingerprint density at radius 1 is 1.02 bits per heavy atom. The van der Waals surface area contributed by atoms with Gasteiger partial charge in [0, 0.05) is 49.0 Å². The van der Waals surface area contributed by atoms with Gasteiger partial charge in [-0.1, -0.05) is 61.3 Å². The predicted octanol–water partition coefficient (Wildman–Crippen LogP) is 5.95. The Balaban J connectivity index is 1.40. The van der Waals surface area contributed by atoms with Crippen molar-refractivity contribution in [1.82, 2.24) is 14.5 Å². The number of thioether (sulfide) groups is 1. The second-order valence-corrected chi connectivity index (χ2v) is 11.5. The van der Waals surface area contributed by atoms with Gasteiger partial charge in [0.2, 0.25) is 5.91 Å². The minimum Gasteiger partial charge on any atom is -0.368 e. The molecule has 0 N–H and O–H groups in total. The minimum atomic E-state index is -0.417. The highest BCUT2D eigenvalue weighted by atomic mass is 35.5. The number of hydrogen-bond acceptors (Lipinski definition) is 7. The number of carbonyl (C=O) groups excluding carboxylic acids is 1. The predicted molar refractivity (Wildman–Crippen MR) is 163 cm³/mol. The zero-order valence-corrected chi connectivity index (χ0v) is 24.2. The first kappa shape index (κ1) is 28.6. The van der Waals surface area contributed by atoms with Crippen LogP contribution in [0, 0.1) is 10.1 Å². The Morgan fingerprint density at radius 3 is 2.44 bits per heavy atom. The second kappa shape index (κ2) is 12.7. The molecule has 11 heteroatoms. The summed E-state index contributed by atoms with van der Waals surface area (Å²) in [4.78, 5) is 47.0. The number of halogens is 1. The molecule has 0 saturated carbocycles. The number of non-ortho nitro benzene ring substituents is 1. The number of unbranched alkanes of at least 4 members (excludes halogenated alkanes) is 1. The van der Waals surface area contributed by atoms with E-state index in [1.807, 2.05) is 29.2 Å². The monoisotopic (exact) mass is 591 g/mol. The van der Waals surface area contributed by atoms with Crippen LogP contribution in [0.25, 0.3) is 16.6 Å². The number of para-hydroxylation sites is 1. The molecule has 1 amide bonds. The highest BCUT2D eigenvalue weighted by molar-refractivity contribution is 8.00. The fraction of sp³-hybridized carbons (Fsp3) is 0.300. The highest BCUT2D eigenvalue weighted by Crippen LogP contribution is 2.30. The van der Waals surface area contributed by atoms with Crippen LogP contribution >= 0.6 is 23.4 Å². The SMILES string of the molecule is CCCCC(Sc1nc2ccccc2c(=O)n1-c1cccc(Cl)c1)C(=O)N1CCN(c2ccc([N+](=O)[O-])cc2)CC1. The molecule has 2 heterocycles. The molecule has 1 saturated heterocycles. The zero-order valence-electron chi connectivity index (χ0n) is 22.6. The molecular weight excluding hydrogens is 562 g/mol. The van der Waals surface area contributed by atoms with Crippen molar-refractivity contribution >= 4 is 51.5 Å². The van der Waals surface area contributed by atoms with Gasteiger partial charge in [-0.05, 0) is 48.9 Å². The number of nitrogens with zero attached hydrogens (tertiary/aromatic N) is 5. The van der Waals surface area contributed by atoms with Crippen LogP contribution in [0.4, 0.5) is 11.4 Å². The van der Waals surface area contributed by atoms with Crippen molar-refractivity contribution < 1.29 is 9.72 Å². The molecule has 1 aliphatic heterocycles. The smallest absolute Gasteiger partial charge is 0.269 e. The van der Waals surface area contributed by atoms with E-state index < -0.39 is 10.2 Å². The third kappa shape index (κ3) is 6.39. The summed E-state index contributed by atoms with van der Waals surface area (Å²) < 4.78 is 1.55.